The summed E-state index contributed by atoms with van der Waals surface area (Å²) in [6.07, 6.45) is 9.78. The van der Waals surface area contributed by atoms with Crippen LogP contribution in [0.5, 0.6) is 0 Å². The van der Waals surface area contributed by atoms with Gasteiger partial charge in [-0.05, 0) is 55.8 Å². The van der Waals surface area contributed by atoms with Crippen molar-refractivity contribution in [2.45, 2.75) is 64.3 Å². The fraction of sp³-hybridized carbons (Fsp3) is 0.667. The molecule has 1 aromatic rings. The average molecular weight is 295 g/mol. The molecule has 0 radical (unpaired) electrons. The number of benzene rings is 1. The van der Waals surface area contributed by atoms with Crippen molar-refractivity contribution >= 4 is 0 Å². The summed E-state index contributed by atoms with van der Waals surface area (Å²) in [7, 11) is 0. The van der Waals surface area contributed by atoms with Crippen molar-refractivity contribution in [2.24, 2.45) is 5.92 Å². The standard InChI is InChI=1S/C18H27F2N/c1-2-4-14-5-3-6-18(8-7-14)21-10-9-15-11-16(19)13-17(20)12-15/h11-14,18,21H,2-10H2,1H3. The largest absolute Gasteiger partial charge is 0.314 e. The second kappa shape index (κ2) is 8.47. The average Bonchev–Trinajstić information content (AvgIpc) is 2.64. The van der Waals surface area contributed by atoms with Crippen molar-refractivity contribution in [3.05, 3.63) is 35.4 Å². The summed E-state index contributed by atoms with van der Waals surface area (Å²) in [6.45, 7) is 3.06. The van der Waals surface area contributed by atoms with Gasteiger partial charge in [0.25, 0.3) is 0 Å². The van der Waals surface area contributed by atoms with Crippen LogP contribution in [0, 0.1) is 17.6 Å². The second-order valence-electron chi connectivity index (χ2n) is 6.34. The Labute approximate surface area is 127 Å². The van der Waals surface area contributed by atoms with Crippen LogP contribution in [-0.2, 0) is 6.42 Å². The van der Waals surface area contributed by atoms with E-state index in [4.69, 9.17) is 0 Å². The molecule has 0 saturated heterocycles. The highest BCUT2D eigenvalue weighted by Gasteiger charge is 2.17. The minimum Gasteiger partial charge on any atom is -0.314 e. The molecule has 2 unspecified atom stereocenters. The summed E-state index contributed by atoms with van der Waals surface area (Å²) in [5.41, 5.74) is 0.734. The third-order valence-electron chi connectivity index (χ3n) is 4.55. The molecule has 1 saturated carbocycles. The van der Waals surface area contributed by atoms with Gasteiger partial charge in [0.2, 0.25) is 0 Å². The first-order valence-corrected chi connectivity index (χ1v) is 8.35. The van der Waals surface area contributed by atoms with Crippen LogP contribution in [0.2, 0.25) is 0 Å². The number of hydrogen-bond acceptors (Lipinski definition) is 1. The first kappa shape index (κ1) is 16.4. The molecule has 1 N–H and O–H groups in total. The fourth-order valence-corrected chi connectivity index (χ4v) is 3.46. The van der Waals surface area contributed by atoms with Crippen molar-refractivity contribution < 1.29 is 8.78 Å². The molecule has 21 heavy (non-hydrogen) atoms. The Kier molecular flexibility index (Phi) is 6.62. The Morgan fingerprint density at radius 2 is 1.81 bits per heavy atom. The van der Waals surface area contributed by atoms with Crippen molar-refractivity contribution in [2.75, 3.05) is 6.54 Å². The molecule has 1 aliphatic carbocycles. The molecule has 2 atom stereocenters. The Bertz CT molecular complexity index is 413. The predicted octanol–water partition coefficient (Wildman–Crippen LogP) is 4.85. The maximum Gasteiger partial charge on any atom is 0.126 e. The topological polar surface area (TPSA) is 12.0 Å². The van der Waals surface area contributed by atoms with E-state index in [2.05, 4.69) is 12.2 Å². The van der Waals surface area contributed by atoms with Crippen molar-refractivity contribution in [1.29, 1.82) is 0 Å². The van der Waals surface area contributed by atoms with Crippen LogP contribution >= 0.6 is 0 Å². The van der Waals surface area contributed by atoms with Gasteiger partial charge in [-0.1, -0.05) is 32.6 Å². The number of rotatable bonds is 6. The summed E-state index contributed by atoms with van der Waals surface area (Å²) in [5.74, 6) is -0.0668. The van der Waals surface area contributed by atoms with Crippen LogP contribution < -0.4 is 5.32 Å². The lowest BCUT2D eigenvalue weighted by molar-refractivity contribution is 0.410. The molecule has 0 aromatic heterocycles. The highest BCUT2D eigenvalue weighted by molar-refractivity contribution is 5.18. The van der Waals surface area contributed by atoms with Crippen molar-refractivity contribution in [3.8, 4) is 0 Å². The lowest BCUT2D eigenvalue weighted by Gasteiger charge is -2.17. The molecule has 1 aromatic carbocycles. The van der Waals surface area contributed by atoms with Crippen LogP contribution in [0.25, 0.3) is 0 Å². The molecule has 118 valence electrons. The van der Waals surface area contributed by atoms with E-state index in [-0.39, 0.29) is 0 Å². The van der Waals surface area contributed by atoms with Crippen molar-refractivity contribution in [1.82, 2.24) is 5.32 Å². The highest BCUT2D eigenvalue weighted by atomic mass is 19.1. The Hall–Kier alpha value is -0.960. The Morgan fingerprint density at radius 1 is 1.05 bits per heavy atom. The first-order valence-electron chi connectivity index (χ1n) is 8.35. The van der Waals surface area contributed by atoms with Gasteiger partial charge in [0.05, 0.1) is 0 Å². The van der Waals surface area contributed by atoms with E-state index in [1.807, 2.05) is 0 Å². The molecule has 0 aliphatic heterocycles. The quantitative estimate of drug-likeness (QED) is 0.740. The summed E-state index contributed by atoms with van der Waals surface area (Å²) in [4.78, 5) is 0. The smallest absolute Gasteiger partial charge is 0.126 e. The SMILES string of the molecule is CCCC1CCCC(NCCc2cc(F)cc(F)c2)CC1. The number of nitrogens with one attached hydrogen (secondary N) is 1. The second-order valence-corrected chi connectivity index (χ2v) is 6.34. The van der Waals surface area contributed by atoms with Gasteiger partial charge in [-0.2, -0.15) is 0 Å². The first-order chi connectivity index (χ1) is 10.2. The van der Waals surface area contributed by atoms with E-state index in [0.29, 0.717) is 12.5 Å². The third-order valence-corrected chi connectivity index (χ3v) is 4.55. The lowest BCUT2D eigenvalue weighted by atomic mass is 9.95. The van der Waals surface area contributed by atoms with E-state index >= 15 is 0 Å². The molecule has 0 bridgehead atoms. The van der Waals surface area contributed by atoms with E-state index in [9.17, 15) is 8.78 Å². The van der Waals surface area contributed by atoms with E-state index in [1.54, 1.807) is 0 Å². The van der Waals surface area contributed by atoms with Crippen LogP contribution in [0.3, 0.4) is 0 Å². The zero-order valence-corrected chi connectivity index (χ0v) is 13.0. The van der Waals surface area contributed by atoms with E-state index in [1.165, 1.54) is 57.1 Å². The highest BCUT2D eigenvalue weighted by Crippen LogP contribution is 2.26. The van der Waals surface area contributed by atoms with Gasteiger partial charge in [0, 0.05) is 12.1 Å². The van der Waals surface area contributed by atoms with Crippen molar-refractivity contribution in [3.63, 3.8) is 0 Å². The minimum atomic E-state index is -0.484. The third kappa shape index (κ3) is 5.74. The van der Waals surface area contributed by atoms with Gasteiger partial charge < -0.3 is 5.32 Å². The molecule has 0 spiro atoms. The maximum absolute atomic E-state index is 13.1. The van der Waals surface area contributed by atoms with Gasteiger partial charge in [-0.3, -0.25) is 0 Å². The molecular formula is C18H27F2N. The molecular weight excluding hydrogens is 268 g/mol. The zero-order chi connectivity index (χ0) is 15.1. The minimum absolute atomic E-state index is 0.484. The van der Waals surface area contributed by atoms with Crippen LogP contribution in [-0.4, -0.2) is 12.6 Å². The zero-order valence-electron chi connectivity index (χ0n) is 13.0. The van der Waals surface area contributed by atoms with E-state index in [0.717, 1.165) is 24.1 Å². The van der Waals surface area contributed by atoms with Gasteiger partial charge >= 0.3 is 0 Å². The molecule has 2 rings (SSSR count). The number of hydrogen-bond donors (Lipinski definition) is 1. The summed E-state index contributed by atoms with van der Waals surface area (Å²) < 4.78 is 26.2. The molecule has 0 amide bonds. The monoisotopic (exact) mass is 295 g/mol. The molecule has 3 heteroatoms. The van der Waals surface area contributed by atoms with Gasteiger partial charge in [-0.15, -0.1) is 0 Å². The normalized spacial score (nSPS) is 23.0. The maximum atomic E-state index is 13.1. The van der Waals surface area contributed by atoms with Gasteiger partial charge in [0.1, 0.15) is 11.6 Å². The number of halogens is 2. The van der Waals surface area contributed by atoms with Crippen LogP contribution in [0.1, 0.15) is 57.4 Å². The summed E-state index contributed by atoms with van der Waals surface area (Å²) in [6, 6.07) is 4.35. The molecule has 1 fully saturated rings. The van der Waals surface area contributed by atoms with E-state index < -0.39 is 11.6 Å². The van der Waals surface area contributed by atoms with Gasteiger partial charge in [0.15, 0.2) is 0 Å². The molecule has 1 aliphatic rings. The van der Waals surface area contributed by atoms with Crippen LogP contribution in [0.4, 0.5) is 8.78 Å². The summed E-state index contributed by atoms with van der Waals surface area (Å²) in [5, 5.41) is 3.57. The van der Waals surface area contributed by atoms with Crippen LogP contribution in [0.15, 0.2) is 18.2 Å². The Balaban J connectivity index is 1.73. The lowest BCUT2D eigenvalue weighted by Crippen LogP contribution is -2.30. The molecule has 0 heterocycles. The Morgan fingerprint density at radius 3 is 2.52 bits per heavy atom. The fourth-order valence-electron chi connectivity index (χ4n) is 3.46. The summed E-state index contributed by atoms with van der Waals surface area (Å²) >= 11 is 0. The molecule has 1 nitrogen and oxygen atoms in total. The predicted molar refractivity (Wildman–Crippen MR) is 83.3 cm³/mol. The van der Waals surface area contributed by atoms with Gasteiger partial charge in [-0.25, -0.2) is 8.78 Å².